The molecule has 1 amide bonds. The lowest BCUT2D eigenvalue weighted by Gasteiger charge is -2.31. The number of nitrogens with one attached hydrogen (secondary N) is 1. The molecular formula is C12H17N3O2. The summed E-state index contributed by atoms with van der Waals surface area (Å²) in [5.41, 5.74) is 0.436. The Hall–Kier alpha value is -1.62. The average molecular weight is 235 g/mol. The fourth-order valence-corrected chi connectivity index (χ4v) is 2.11. The quantitative estimate of drug-likeness (QED) is 0.788. The fourth-order valence-electron chi connectivity index (χ4n) is 2.11. The van der Waals surface area contributed by atoms with E-state index >= 15 is 0 Å². The molecule has 5 heteroatoms. The van der Waals surface area contributed by atoms with Crippen LogP contribution in [0.3, 0.4) is 0 Å². The molecule has 0 spiro atoms. The second-order valence-corrected chi connectivity index (χ2v) is 4.33. The Bertz CT molecular complexity index is 402. The highest BCUT2D eigenvalue weighted by molar-refractivity contribution is 5.94. The first-order valence-electron chi connectivity index (χ1n) is 5.80. The zero-order valence-electron chi connectivity index (χ0n) is 9.89. The number of piperidine rings is 1. The van der Waals surface area contributed by atoms with Crippen LogP contribution in [0.1, 0.15) is 23.2 Å². The first kappa shape index (κ1) is 11.9. The zero-order chi connectivity index (χ0) is 12.3. The van der Waals surface area contributed by atoms with E-state index in [0.717, 1.165) is 25.9 Å². The van der Waals surface area contributed by atoms with E-state index < -0.39 is 0 Å². The maximum atomic E-state index is 12.2. The van der Waals surface area contributed by atoms with Crippen LogP contribution in [0.2, 0.25) is 0 Å². The second kappa shape index (κ2) is 5.14. The molecule has 1 aliphatic rings. The summed E-state index contributed by atoms with van der Waals surface area (Å²) in [5, 5.41) is 12.6. The van der Waals surface area contributed by atoms with Gasteiger partial charge in [0.2, 0.25) is 0 Å². The van der Waals surface area contributed by atoms with Crippen LogP contribution in [-0.2, 0) is 0 Å². The number of aromatic hydroxyl groups is 1. The number of amides is 1. The molecule has 17 heavy (non-hydrogen) atoms. The van der Waals surface area contributed by atoms with E-state index in [1.165, 1.54) is 18.5 Å². The van der Waals surface area contributed by atoms with Gasteiger partial charge < -0.3 is 15.3 Å². The smallest absolute Gasteiger partial charge is 0.255 e. The number of hydrogen-bond acceptors (Lipinski definition) is 4. The molecule has 92 valence electrons. The molecule has 2 heterocycles. The number of carbonyl (C=O) groups excluding carboxylic acids is 1. The third-order valence-electron chi connectivity index (χ3n) is 3.15. The first-order chi connectivity index (χ1) is 8.18. The molecule has 2 rings (SSSR count). The Labute approximate surface area is 100 Å². The number of rotatable bonds is 2. The van der Waals surface area contributed by atoms with Crippen LogP contribution in [0.4, 0.5) is 0 Å². The van der Waals surface area contributed by atoms with E-state index in [4.69, 9.17) is 0 Å². The lowest BCUT2D eigenvalue weighted by molar-refractivity contribution is 0.0702. The number of carbonyl (C=O) groups is 1. The van der Waals surface area contributed by atoms with Crippen molar-refractivity contribution < 1.29 is 9.90 Å². The van der Waals surface area contributed by atoms with Gasteiger partial charge >= 0.3 is 0 Å². The molecule has 0 radical (unpaired) electrons. The summed E-state index contributed by atoms with van der Waals surface area (Å²) < 4.78 is 0. The van der Waals surface area contributed by atoms with Gasteiger partial charge in [-0.2, -0.15) is 0 Å². The minimum atomic E-state index is -0.0831. The minimum absolute atomic E-state index is 0.0227. The highest BCUT2D eigenvalue weighted by Gasteiger charge is 2.23. The van der Waals surface area contributed by atoms with Crippen molar-refractivity contribution in [2.75, 3.05) is 20.1 Å². The fraction of sp³-hybridized carbons (Fsp3) is 0.500. The molecule has 1 fully saturated rings. The number of hydrogen-bond donors (Lipinski definition) is 2. The van der Waals surface area contributed by atoms with Crippen LogP contribution in [0.25, 0.3) is 0 Å². The van der Waals surface area contributed by atoms with Gasteiger partial charge in [-0.25, -0.2) is 0 Å². The highest BCUT2D eigenvalue weighted by Crippen LogP contribution is 2.15. The van der Waals surface area contributed by atoms with Crippen LogP contribution in [0.15, 0.2) is 18.5 Å². The summed E-state index contributed by atoms with van der Waals surface area (Å²) in [6, 6.07) is 1.72. The van der Waals surface area contributed by atoms with Gasteiger partial charge in [-0.3, -0.25) is 9.78 Å². The Morgan fingerprint density at radius 1 is 1.47 bits per heavy atom. The monoisotopic (exact) mass is 235 g/mol. The van der Waals surface area contributed by atoms with Gasteiger partial charge in [-0.15, -0.1) is 0 Å². The van der Waals surface area contributed by atoms with E-state index in [1.54, 1.807) is 4.90 Å². The van der Waals surface area contributed by atoms with Gasteiger partial charge in [0.15, 0.2) is 0 Å². The van der Waals surface area contributed by atoms with Crippen LogP contribution in [-0.4, -0.2) is 47.1 Å². The molecule has 0 unspecified atom stereocenters. The second-order valence-electron chi connectivity index (χ2n) is 4.33. The number of nitrogens with zero attached hydrogens (tertiary/aromatic N) is 2. The summed E-state index contributed by atoms with van der Waals surface area (Å²) in [6.45, 7) is 1.89. The van der Waals surface area contributed by atoms with Crippen molar-refractivity contribution >= 4 is 5.91 Å². The van der Waals surface area contributed by atoms with Crippen LogP contribution in [0.5, 0.6) is 5.75 Å². The van der Waals surface area contributed by atoms with Crippen molar-refractivity contribution in [3.63, 3.8) is 0 Å². The molecule has 0 aromatic carbocycles. The lowest BCUT2D eigenvalue weighted by atomic mass is 10.0. The van der Waals surface area contributed by atoms with Crippen LogP contribution < -0.4 is 5.32 Å². The Morgan fingerprint density at radius 2 is 2.18 bits per heavy atom. The summed E-state index contributed by atoms with van der Waals surface area (Å²) >= 11 is 0. The first-order valence-corrected chi connectivity index (χ1v) is 5.80. The zero-order valence-corrected chi connectivity index (χ0v) is 9.89. The molecule has 0 aliphatic carbocycles. The number of pyridine rings is 1. The van der Waals surface area contributed by atoms with Crippen LogP contribution >= 0.6 is 0 Å². The maximum Gasteiger partial charge on any atom is 0.255 e. The van der Waals surface area contributed by atoms with Crippen molar-refractivity contribution in [1.82, 2.24) is 15.2 Å². The normalized spacial score (nSPS) is 16.8. The molecule has 1 aromatic rings. The molecule has 0 bridgehead atoms. The Balaban J connectivity index is 2.08. The minimum Gasteiger partial charge on any atom is -0.506 e. The third kappa shape index (κ3) is 2.74. The standard InChI is InChI=1S/C12H17N3O2/c1-15(10-2-4-13-5-3-10)12(17)9-6-11(16)8-14-7-9/h6-8,10,13,16H,2-5H2,1H3. The van der Waals surface area contributed by atoms with Crippen molar-refractivity contribution in [2.45, 2.75) is 18.9 Å². The van der Waals surface area contributed by atoms with Gasteiger partial charge in [-0.1, -0.05) is 0 Å². The molecule has 1 aliphatic heterocycles. The molecule has 0 saturated carbocycles. The Kier molecular flexibility index (Phi) is 3.58. The number of aromatic nitrogens is 1. The van der Waals surface area contributed by atoms with Gasteiger partial charge in [0.25, 0.3) is 5.91 Å². The lowest BCUT2D eigenvalue weighted by Crippen LogP contribution is -2.43. The molecule has 0 atom stereocenters. The van der Waals surface area contributed by atoms with Gasteiger partial charge in [-0.05, 0) is 32.0 Å². The third-order valence-corrected chi connectivity index (χ3v) is 3.15. The van der Waals surface area contributed by atoms with Gasteiger partial charge in [0, 0.05) is 19.3 Å². The van der Waals surface area contributed by atoms with E-state index in [-0.39, 0.29) is 17.7 Å². The van der Waals surface area contributed by atoms with E-state index in [0.29, 0.717) is 5.56 Å². The van der Waals surface area contributed by atoms with Crippen LogP contribution in [0, 0.1) is 0 Å². The summed E-state index contributed by atoms with van der Waals surface area (Å²) in [6.07, 6.45) is 4.74. The molecule has 1 aromatic heterocycles. The molecule has 1 saturated heterocycles. The van der Waals surface area contributed by atoms with Crippen molar-refractivity contribution in [1.29, 1.82) is 0 Å². The van der Waals surface area contributed by atoms with E-state index in [9.17, 15) is 9.90 Å². The van der Waals surface area contributed by atoms with Crippen molar-refractivity contribution in [3.05, 3.63) is 24.0 Å². The van der Waals surface area contributed by atoms with Gasteiger partial charge in [0.05, 0.1) is 11.8 Å². The predicted octanol–water partition coefficient (Wildman–Crippen LogP) is 0.611. The summed E-state index contributed by atoms with van der Waals surface area (Å²) in [5.74, 6) is -0.0603. The summed E-state index contributed by atoms with van der Waals surface area (Å²) in [4.78, 5) is 17.7. The molecular weight excluding hydrogens is 218 g/mol. The predicted molar refractivity (Wildman–Crippen MR) is 63.9 cm³/mol. The Morgan fingerprint density at radius 3 is 2.82 bits per heavy atom. The molecule has 5 nitrogen and oxygen atoms in total. The molecule has 2 N–H and O–H groups in total. The maximum absolute atomic E-state index is 12.2. The van der Waals surface area contributed by atoms with Gasteiger partial charge in [0.1, 0.15) is 5.75 Å². The van der Waals surface area contributed by atoms with E-state index in [2.05, 4.69) is 10.3 Å². The van der Waals surface area contributed by atoms with E-state index in [1.807, 2.05) is 7.05 Å². The highest BCUT2D eigenvalue weighted by atomic mass is 16.3. The van der Waals surface area contributed by atoms with Crippen molar-refractivity contribution in [3.8, 4) is 5.75 Å². The van der Waals surface area contributed by atoms with Crippen molar-refractivity contribution in [2.24, 2.45) is 0 Å². The largest absolute Gasteiger partial charge is 0.506 e. The SMILES string of the molecule is CN(C(=O)c1cncc(O)c1)C1CCNCC1. The average Bonchev–Trinajstić information content (AvgIpc) is 2.38. The topological polar surface area (TPSA) is 65.5 Å². The summed E-state index contributed by atoms with van der Waals surface area (Å²) in [7, 11) is 1.81.